The number of imide groups is 1. The summed E-state index contributed by atoms with van der Waals surface area (Å²) in [6, 6.07) is 20.9. The van der Waals surface area contributed by atoms with E-state index in [0.717, 1.165) is 10.5 Å². The first kappa shape index (κ1) is 24.7. The minimum Gasteiger partial charge on any atom is -0.493 e. The van der Waals surface area contributed by atoms with Gasteiger partial charge in [-0.3, -0.25) is 19.3 Å². The van der Waals surface area contributed by atoms with Crippen LogP contribution in [0.4, 0.5) is 0 Å². The highest BCUT2D eigenvalue weighted by Gasteiger charge is 2.35. The van der Waals surface area contributed by atoms with Gasteiger partial charge in [-0.2, -0.15) is 0 Å². The number of nitrogens with zero attached hydrogens (tertiary/aromatic N) is 2. The second-order valence-corrected chi connectivity index (χ2v) is 8.32. The minimum atomic E-state index is -0.732. The van der Waals surface area contributed by atoms with Crippen LogP contribution < -0.4 is 4.74 Å². The molecule has 0 bridgehead atoms. The summed E-state index contributed by atoms with van der Waals surface area (Å²) in [7, 11) is 1.64. The number of hydrogen-bond donors (Lipinski definition) is 0. The molecule has 0 atom stereocenters. The summed E-state index contributed by atoms with van der Waals surface area (Å²) in [5.41, 5.74) is 2.33. The molecular weight excluding hydrogens is 460 g/mol. The van der Waals surface area contributed by atoms with Gasteiger partial charge in [-0.15, -0.1) is 0 Å². The molecule has 1 aliphatic rings. The first-order chi connectivity index (χ1) is 17.4. The number of likely N-dealkylation sites (N-methyl/N-ethyl adjacent to an activating group) is 1. The molecule has 1 aliphatic heterocycles. The summed E-state index contributed by atoms with van der Waals surface area (Å²) >= 11 is 0. The Morgan fingerprint density at radius 1 is 0.861 bits per heavy atom. The third-order valence-corrected chi connectivity index (χ3v) is 5.80. The third-order valence-electron chi connectivity index (χ3n) is 5.80. The van der Waals surface area contributed by atoms with Crippen molar-refractivity contribution in [2.45, 2.75) is 20.0 Å². The summed E-state index contributed by atoms with van der Waals surface area (Å²) in [4.78, 5) is 53.5. The molecule has 0 radical (unpaired) electrons. The second kappa shape index (κ2) is 10.9. The van der Waals surface area contributed by atoms with Gasteiger partial charge in [-0.1, -0.05) is 48.5 Å². The van der Waals surface area contributed by atoms with Crippen molar-refractivity contribution in [3.8, 4) is 5.75 Å². The molecule has 3 amide bonds. The van der Waals surface area contributed by atoms with Crippen LogP contribution in [0, 0.1) is 0 Å². The average Bonchev–Trinajstić information content (AvgIpc) is 3.13. The van der Waals surface area contributed by atoms with Crippen LogP contribution in [-0.2, 0) is 22.6 Å². The summed E-state index contributed by atoms with van der Waals surface area (Å²) in [5.74, 6) is -1.57. The molecule has 0 N–H and O–H groups in total. The van der Waals surface area contributed by atoms with Crippen molar-refractivity contribution >= 4 is 23.7 Å². The predicted octanol–water partition coefficient (Wildman–Crippen LogP) is 3.70. The summed E-state index contributed by atoms with van der Waals surface area (Å²) in [5, 5.41) is 0. The van der Waals surface area contributed by atoms with Gasteiger partial charge in [0, 0.05) is 13.6 Å². The molecule has 0 unspecified atom stereocenters. The lowest BCUT2D eigenvalue weighted by molar-refractivity contribution is -0.133. The Balaban J connectivity index is 1.45. The van der Waals surface area contributed by atoms with E-state index in [1.54, 1.807) is 50.4 Å². The maximum atomic E-state index is 12.9. The van der Waals surface area contributed by atoms with Crippen molar-refractivity contribution in [1.82, 2.24) is 9.80 Å². The lowest BCUT2D eigenvalue weighted by Gasteiger charge is -2.18. The topological polar surface area (TPSA) is 93.2 Å². The van der Waals surface area contributed by atoms with Gasteiger partial charge >= 0.3 is 5.97 Å². The van der Waals surface area contributed by atoms with Crippen molar-refractivity contribution in [2.75, 3.05) is 20.3 Å². The van der Waals surface area contributed by atoms with Crippen LogP contribution in [0.3, 0.4) is 0 Å². The van der Waals surface area contributed by atoms with Crippen LogP contribution in [0.25, 0.3) is 0 Å². The number of rotatable bonds is 9. The van der Waals surface area contributed by atoms with Crippen molar-refractivity contribution in [3.63, 3.8) is 0 Å². The van der Waals surface area contributed by atoms with Crippen molar-refractivity contribution in [3.05, 3.63) is 101 Å². The molecule has 0 spiro atoms. The fourth-order valence-electron chi connectivity index (χ4n) is 3.94. The number of ether oxygens (including phenoxy) is 2. The molecule has 3 aromatic carbocycles. The Labute approximate surface area is 209 Å². The number of amides is 3. The first-order valence-electron chi connectivity index (χ1n) is 11.5. The molecule has 184 valence electrons. The van der Waals surface area contributed by atoms with Gasteiger partial charge in [0.25, 0.3) is 17.7 Å². The summed E-state index contributed by atoms with van der Waals surface area (Å²) in [6.07, 6.45) is 0. The van der Waals surface area contributed by atoms with Crippen LogP contribution in [0.1, 0.15) is 49.1 Å². The molecule has 1 heterocycles. The highest BCUT2D eigenvalue weighted by molar-refractivity contribution is 6.21. The molecule has 3 aromatic rings. The van der Waals surface area contributed by atoms with E-state index >= 15 is 0 Å². The van der Waals surface area contributed by atoms with Crippen molar-refractivity contribution < 1.29 is 28.7 Å². The zero-order valence-electron chi connectivity index (χ0n) is 20.1. The van der Waals surface area contributed by atoms with E-state index in [1.807, 2.05) is 30.3 Å². The monoisotopic (exact) mass is 486 g/mol. The Bertz CT molecular complexity index is 1270. The maximum Gasteiger partial charge on any atom is 0.342 e. The summed E-state index contributed by atoms with van der Waals surface area (Å²) < 4.78 is 10.9. The highest BCUT2D eigenvalue weighted by Crippen LogP contribution is 2.27. The van der Waals surface area contributed by atoms with Crippen molar-refractivity contribution in [1.29, 1.82) is 0 Å². The molecule has 0 saturated carbocycles. The Kier molecular flexibility index (Phi) is 7.44. The van der Waals surface area contributed by atoms with Crippen LogP contribution in [0.2, 0.25) is 0 Å². The Morgan fingerprint density at radius 3 is 2.14 bits per heavy atom. The third kappa shape index (κ3) is 5.27. The van der Waals surface area contributed by atoms with E-state index in [-0.39, 0.29) is 29.8 Å². The highest BCUT2D eigenvalue weighted by atomic mass is 16.5. The van der Waals surface area contributed by atoms with Gasteiger partial charge < -0.3 is 14.4 Å². The smallest absolute Gasteiger partial charge is 0.342 e. The van der Waals surface area contributed by atoms with E-state index in [4.69, 9.17) is 9.47 Å². The fraction of sp³-hybridized carbons (Fsp3) is 0.214. The van der Waals surface area contributed by atoms with E-state index in [2.05, 4.69) is 0 Å². The Morgan fingerprint density at radius 2 is 1.50 bits per heavy atom. The molecule has 4 rings (SSSR count). The normalized spacial score (nSPS) is 12.3. The quantitative estimate of drug-likeness (QED) is 0.338. The van der Waals surface area contributed by atoms with Gasteiger partial charge in [-0.05, 0) is 42.3 Å². The molecule has 8 heteroatoms. The molecule has 0 aliphatic carbocycles. The van der Waals surface area contributed by atoms with E-state index in [9.17, 15) is 19.2 Å². The number of benzene rings is 3. The van der Waals surface area contributed by atoms with Crippen LogP contribution in [-0.4, -0.2) is 53.8 Å². The van der Waals surface area contributed by atoms with E-state index < -0.39 is 12.6 Å². The van der Waals surface area contributed by atoms with Crippen LogP contribution in [0.5, 0.6) is 5.75 Å². The minimum absolute atomic E-state index is 0.0161. The zero-order valence-corrected chi connectivity index (χ0v) is 20.1. The Hall–Kier alpha value is -4.46. The maximum absolute atomic E-state index is 12.9. The second-order valence-electron chi connectivity index (χ2n) is 8.32. The molecule has 0 saturated heterocycles. The SMILES string of the molecule is CCOc1ccc(CN2C(=O)c3ccccc3C2=O)cc1C(=O)OCC(=O)N(C)Cc1ccccc1. The largest absolute Gasteiger partial charge is 0.493 e. The zero-order chi connectivity index (χ0) is 25.7. The standard InChI is InChI=1S/C28H26N2O6/c1-3-35-24-14-13-20(17-30-26(32)21-11-7-8-12-22(21)27(30)33)15-23(24)28(34)36-18-25(31)29(2)16-19-9-5-4-6-10-19/h4-15H,3,16-18H2,1-2H3. The van der Waals surface area contributed by atoms with Gasteiger partial charge in [0.05, 0.1) is 24.3 Å². The van der Waals surface area contributed by atoms with Gasteiger partial charge in [-0.25, -0.2) is 4.79 Å². The van der Waals surface area contributed by atoms with Crippen LogP contribution in [0.15, 0.2) is 72.8 Å². The van der Waals surface area contributed by atoms with Gasteiger partial charge in [0.2, 0.25) is 0 Å². The predicted molar refractivity (Wildman–Crippen MR) is 131 cm³/mol. The van der Waals surface area contributed by atoms with Gasteiger partial charge in [0.15, 0.2) is 6.61 Å². The molecule has 0 fully saturated rings. The van der Waals surface area contributed by atoms with Gasteiger partial charge in [0.1, 0.15) is 11.3 Å². The molecule has 0 aromatic heterocycles. The van der Waals surface area contributed by atoms with E-state index in [1.165, 1.54) is 11.0 Å². The number of esters is 1. The first-order valence-corrected chi connectivity index (χ1v) is 11.5. The number of hydrogen-bond acceptors (Lipinski definition) is 6. The lowest BCUT2D eigenvalue weighted by atomic mass is 10.1. The van der Waals surface area contributed by atoms with Crippen molar-refractivity contribution in [2.24, 2.45) is 0 Å². The number of carbonyl (C=O) groups excluding carboxylic acids is 4. The number of carbonyl (C=O) groups is 4. The summed E-state index contributed by atoms with van der Waals surface area (Å²) in [6.45, 7) is 2.03. The molecule has 36 heavy (non-hydrogen) atoms. The molecule has 8 nitrogen and oxygen atoms in total. The number of fused-ring (bicyclic) bond motifs is 1. The molecular formula is C28H26N2O6. The fourth-order valence-corrected chi connectivity index (χ4v) is 3.94. The van der Waals surface area contributed by atoms with Crippen LogP contribution >= 0.6 is 0 Å². The lowest BCUT2D eigenvalue weighted by Crippen LogP contribution is -2.31. The average molecular weight is 487 g/mol. The van der Waals surface area contributed by atoms with E-state index in [0.29, 0.717) is 35.6 Å².